The minimum atomic E-state index is -3.87. The fourth-order valence-corrected chi connectivity index (χ4v) is 6.05. The SMILES string of the molecule is CCN(CC)S(=O)(=O)c1ccc(N2CCN(C(=O)c3c(O)c(Cl)cc(Cl)c3Cl)CC2)c([N+](=O)[O-])c1. The highest BCUT2D eigenvalue weighted by atomic mass is 35.5. The van der Waals surface area contributed by atoms with E-state index in [2.05, 4.69) is 0 Å². The first kappa shape index (κ1) is 27.3. The Morgan fingerprint density at radius 1 is 1.09 bits per heavy atom. The molecule has 1 amide bonds. The van der Waals surface area contributed by atoms with Gasteiger partial charge < -0.3 is 14.9 Å². The van der Waals surface area contributed by atoms with Gasteiger partial charge >= 0.3 is 0 Å². The lowest BCUT2D eigenvalue weighted by molar-refractivity contribution is -0.384. The summed E-state index contributed by atoms with van der Waals surface area (Å²) >= 11 is 18.0. The molecular weight excluding hydrogens is 543 g/mol. The Hall–Kier alpha value is -2.31. The van der Waals surface area contributed by atoms with Crippen LogP contribution in [-0.2, 0) is 10.0 Å². The largest absolute Gasteiger partial charge is 0.505 e. The summed E-state index contributed by atoms with van der Waals surface area (Å²) in [5.74, 6) is -1.05. The Morgan fingerprint density at radius 3 is 2.23 bits per heavy atom. The first-order chi connectivity index (χ1) is 16.4. The standard InChI is InChI=1S/C21H23Cl3N4O6S/c1-3-27(4-2)35(33,34)13-5-6-16(17(11-13)28(31)32)25-7-9-26(10-8-25)21(30)18-19(24)14(22)12-15(23)20(18)29/h5-6,11-12,29H,3-4,7-10H2,1-2H3. The van der Waals surface area contributed by atoms with Crippen molar-refractivity contribution in [1.82, 2.24) is 9.21 Å². The molecule has 0 bridgehead atoms. The molecule has 2 aromatic rings. The first-order valence-electron chi connectivity index (χ1n) is 10.6. The molecule has 35 heavy (non-hydrogen) atoms. The number of benzene rings is 2. The molecule has 1 heterocycles. The number of hydrogen-bond acceptors (Lipinski definition) is 7. The number of carbonyl (C=O) groups is 1. The van der Waals surface area contributed by atoms with Crippen LogP contribution in [0.5, 0.6) is 5.75 Å². The zero-order chi connectivity index (χ0) is 26.1. The molecule has 0 saturated carbocycles. The molecule has 0 atom stereocenters. The molecule has 1 aliphatic heterocycles. The van der Waals surface area contributed by atoms with E-state index in [0.29, 0.717) is 0 Å². The summed E-state index contributed by atoms with van der Waals surface area (Å²) in [5.41, 5.74) is -0.317. The van der Waals surface area contributed by atoms with Gasteiger partial charge in [-0.05, 0) is 18.2 Å². The minimum absolute atomic E-state index is 0.0202. The lowest BCUT2D eigenvalue weighted by Gasteiger charge is -2.36. The molecule has 0 spiro atoms. The molecule has 0 radical (unpaired) electrons. The molecule has 2 aromatic carbocycles. The second kappa shape index (κ2) is 10.8. The van der Waals surface area contributed by atoms with Crippen molar-refractivity contribution in [3.05, 3.63) is 55.0 Å². The van der Waals surface area contributed by atoms with Crippen molar-refractivity contribution in [1.29, 1.82) is 0 Å². The summed E-state index contributed by atoms with van der Waals surface area (Å²) < 4.78 is 26.8. The normalized spacial score (nSPS) is 14.5. The molecule has 10 nitrogen and oxygen atoms in total. The van der Waals surface area contributed by atoms with Crippen molar-refractivity contribution in [2.75, 3.05) is 44.2 Å². The van der Waals surface area contributed by atoms with Crippen molar-refractivity contribution in [3.8, 4) is 5.75 Å². The lowest BCUT2D eigenvalue weighted by atomic mass is 10.1. The van der Waals surface area contributed by atoms with Crippen molar-refractivity contribution < 1.29 is 23.2 Å². The van der Waals surface area contributed by atoms with E-state index in [1.807, 2.05) is 0 Å². The first-order valence-corrected chi connectivity index (χ1v) is 13.2. The fourth-order valence-electron chi connectivity index (χ4n) is 3.88. The third-order valence-corrected chi connectivity index (χ3v) is 8.88. The van der Waals surface area contributed by atoms with Crippen molar-refractivity contribution in [3.63, 3.8) is 0 Å². The third-order valence-electron chi connectivity index (χ3n) is 5.75. The number of nitro benzene ring substituents is 1. The smallest absolute Gasteiger partial charge is 0.293 e. The zero-order valence-electron chi connectivity index (χ0n) is 18.9. The fraction of sp³-hybridized carbons (Fsp3) is 0.381. The van der Waals surface area contributed by atoms with Crippen LogP contribution >= 0.6 is 34.8 Å². The summed E-state index contributed by atoms with van der Waals surface area (Å²) in [7, 11) is -3.87. The van der Waals surface area contributed by atoms with Gasteiger partial charge in [0.05, 0.1) is 24.9 Å². The molecule has 1 fully saturated rings. The Bertz CT molecular complexity index is 1240. The van der Waals surface area contributed by atoms with Gasteiger partial charge in [0.2, 0.25) is 10.0 Å². The van der Waals surface area contributed by atoms with Gasteiger partial charge in [-0.15, -0.1) is 0 Å². The number of halogens is 3. The number of hydrogen-bond donors (Lipinski definition) is 1. The van der Waals surface area contributed by atoms with E-state index in [9.17, 15) is 28.4 Å². The van der Waals surface area contributed by atoms with Crippen LogP contribution in [0.25, 0.3) is 0 Å². The Morgan fingerprint density at radius 2 is 1.69 bits per heavy atom. The van der Waals surface area contributed by atoms with Crippen LogP contribution in [0.1, 0.15) is 24.2 Å². The van der Waals surface area contributed by atoms with Gasteiger partial charge in [-0.3, -0.25) is 14.9 Å². The maximum Gasteiger partial charge on any atom is 0.293 e. The second-order valence-corrected chi connectivity index (χ2v) is 10.8. The van der Waals surface area contributed by atoms with Gasteiger partial charge in [0.1, 0.15) is 17.0 Å². The maximum atomic E-state index is 13.0. The highest BCUT2D eigenvalue weighted by Gasteiger charge is 2.31. The molecule has 190 valence electrons. The summed E-state index contributed by atoms with van der Waals surface area (Å²) in [6.07, 6.45) is 0. The number of piperazine rings is 1. The summed E-state index contributed by atoms with van der Waals surface area (Å²) in [4.78, 5) is 27.1. The number of anilines is 1. The van der Waals surface area contributed by atoms with Crippen LogP contribution in [0.2, 0.25) is 15.1 Å². The lowest BCUT2D eigenvalue weighted by Crippen LogP contribution is -2.49. The van der Waals surface area contributed by atoms with E-state index in [1.54, 1.807) is 18.7 Å². The minimum Gasteiger partial charge on any atom is -0.505 e. The average molecular weight is 566 g/mol. The topological polar surface area (TPSA) is 124 Å². The number of nitro groups is 1. The van der Waals surface area contributed by atoms with Gasteiger partial charge in [-0.25, -0.2) is 8.42 Å². The molecule has 0 aromatic heterocycles. The number of carbonyl (C=O) groups excluding carboxylic acids is 1. The highest BCUT2D eigenvalue weighted by molar-refractivity contribution is 7.89. The molecule has 1 aliphatic rings. The van der Waals surface area contributed by atoms with Crippen LogP contribution in [0.4, 0.5) is 11.4 Å². The van der Waals surface area contributed by atoms with Gasteiger partial charge in [-0.2, -0.15) is 4.31 Å². The quantitative estimate of drug-likeness (QED) is 0.302. The van der Waals surface area contributed by atoms with Crippen LogP contribution < -0.4 is 4.90 Å². The number of aromatic hydroxyl groups is 1. The molecular formula is C21H23Cl3N4O6S. The highest BCUT2D eigenvalue weighted by Crippen LogP contribution is 2.39. The molecule has 3 rings (SSSR count). The summed E-state index contributed by atoms with van der Waals surface area (Å²) in [6, 6.07) is 5.05. The van der Waals surface area contributed by atoms with Gasteiger partial charge in [0, 0.05) is 45.3 Å². The number of phenols is 1. The molecule has 1 N–H and O–H groups in total. The van der Waals surface area contributed by atoms with Crippen LogP contribution in [-0.4, -0.2) is 72.8 Å². The Balaban J connectivity index is 1.85. The van der Waals surface area contributed by atoms with Gasteiger partial charge in [0.25, 0.3) is 11.6 Å². The van der Waals surface area contributed by atoms with E-state index in [0.717, 1.165) is 6.07 Å². The van der Waals surface area contributed by atoms with E-state index >= 15 is 0 Å². The number of nitrogens with zero attached hydrogens (tertiary/aromatic N) is 4. The number of rotatable bonds is 7. The number of amides is 1. The van der Waals surface area contributed by atoms with Crippen LogP contribution in [0.15, 0.2) is 29.2 Å². The second-order valence-electron chi connectivity index (χ2n) is 7.65. The molecule has 0 unspecified atom stereocenters. The maximum absolute atomic E-state index is 13.0. The zero-order valence-corrected chi connectivity index (χ0v) is 22.0. The Kier molecular flexibility index (Phi) is 8.38. The summed E-state index contributed by atoms with van der Waals surface area (Å²) in [6.45, 7) is 4.63. The Labute approximate surface area is 217 Å². The number of sulfonamides is 1. The average Bonchev–Trinajstić information content (AvgIpc) is 2.83. The van der Waals surface area contributed by atoms with Crippen molar-refractivity contribution >= 4 is 62.1 Å². The van der Waals surface area contributed by atoms with Gasteiger partial charge in [0.15, 0.2) is 0 Å². The number of phenolic OH excluding ortho intramolecular Hbond substituents is 1. The van der Waals surface area contributed by atoms with Crippen LogP contribution in [0, 0.1) is 10.1 Å². The van der Waals surface area contributed by atoms with E-state index in [-0.39, 0.29) is 76.2 Å². The third kappa shape index (κ3) is 5.29. The van der Waals surface area contributed by atoms with E-state index in [4.69, 9.17) is 34.8 Å². The van der Waals surface area contributed by atoms with E-state index in [1.165, 1.54) is 27.4 Å². The molecule has 14 heteroatoms. The van der Waals surface area contributed by atoms with Crippen molar-refractivity contribution in [2.24, 2.45) is 0 Å². The summed E-state index contributed by atoms with van der Waals surface area (Å²) in [5, 5.41) is 21.8. The van der Waals surface area contributed by atoms with Crippen molar-refractivity contribution in [2.45, 2.75) is 18.7 Å². The van der Waals surface area contributed by atoms with Gasteiger partial charge in [-0.1, -0.05) is 48.7 Å². The molecule has 1 saturated heterocycles. The predicted octanol–water partition coefficient (Wildman–Crippen LogP) is 4.25. The molecule has 0 aliphatic carbocycles. The van der Waals surface area contributed by atoms with E-state index < -0.39 is 26.6 Å². The van der Waals surface area contributed by atoms with Crippen LogP contribution in [0.3, 0.4) is 0 Å². The predicted molar refractivity (Wildman–Crippen MR) is 134 cm³/mol. The monoisotopic (exact) mass is 564 g/mol.